The van der Waals surface area contributed by atoms with Gasteiger partial charge >= 0.3 is 0 Å². The van der Waals surface area contributed by atoms with Crippen LogP contribution in [0.15, 0.2) is 18.3 Å². The van der Waals surface area contributed by atoms with Gasteiger partial charge in [-0.15, -0.1) is 0 Å². The number of aromatic nitrogens is 1. The van der Waals surface area contributed by atoms with Crippen molar-refractivity contribution in [3.63, 3.8) is 0 Å². The van der Waals surface area contributed by atoms with Gasteiger partial charge in [-0.2, -0.15) is 0 Å². The third-order valence-electron chi connectivity index (χ3n) is 3.61. The number of ether oxygens (including phenoxy) is 1. The fraction of sp³-hybridized carbons (Fsp3) is 0.643. The van der Waals surface area contributed by atoms with Gasteiger partial charge in [0.05, 0.1) is 0 Å². The van der Waals surface area contributed by atoms with Crippen molar-refractivity contribution in [3.05, 3.63) is 23.9 Å². The highest BCUT2D eigenvalue weighted by molar-refractivity contribution is 5.23. The topological polar surface area (TPSA) is 22.1 Å². The zero-order chi connectivity index (χ0) is 11.4. The summed E-state index contributed by atoms with van der Waals surface area (Å²) in [6.07, 6.45) is 8.51. The van der Waals surface area contributed by atoms with E-state index in [1.165, 1.54) is 32.1 Å². The second-order valence-corrected chi connectivity index (χ2v) is 4.79. The van der Waals surface area contributed by atoms with Crippen LogP contribution in [0.5, 0.6) is 5.88 Å². The van der Waals surface area contributed by atoms with E-state index in [-0.39, 0.29) is 0 Å². The normalized spacial score (nSPS) is 25.4. The Hall–Kier alpha value is -1.05. The van der Waals surface area contributed by atoms with E-state index in [0.717, 1.165) is 17.4 Å². The molecule has 1 aliphatic rings. The Morgan fingerprint density at radius 3 is 2.69 bits per heavy atom. The van der Waals surface area contributed by atoms with E-state index in [2.05, 4.69) is 24.9 Å². The van der Waals surface area contributed by atoms with Crippen LogP contribution in [-0.2, 0) is 0 Å². The molecule has 0 unspecified atom stereocenters. The quantitative estimate of drug-likeness (QED) is 0.772. The van der Waals surface area contributed by atoms with Gasteiger partial charge in [0.15, 0.2) is 0 Å². The Bertz CT molecular complexity index is 329. The van der Waals surface area contributed by atoms with Gasteiger partial charge in [-0.1, -0.05) is 19.4 Å². The number of nitrogens with zero attached hydrogens (tertiary/aromatic N) is 1. The predicted octanol–water partition coefficient (Wildman–Crippen LogP) is 3.74. The Morgan fingerprint density at radius 1 is 1.31 bits per heavy atom. The minimum Gasteiger partial charge on any atom is -0.474 e. The molecule has 88 valence electrons. The fourth-order valence-electron chi connectivity index (χ4n) is 2.41. The number of hydrogen-bond acceptors (Lipinski definition) is 2. The van der Waals surface area contributed by atoms with E-state index in [9.17, 15) is 0 Å². The van der Waals surface area contributed by atoms with Gasteiger partial charge < -0.3 is 4.74 Å². The molecule has 2 rings (SSSR count). The lowest BCUT2D eigenvalue weighted by Gasteiger charge is -2.28. The predicted molar refractivity (Wildman–Crippen MR) is 65.6 cm³/mol. The Labute approximate surface area is 98.0 Å². The van der Waals surface area contributed by atoms with Crippen LogP contribution in [0.4, 0.5) is 0 Å². The summed E-state index contributed by atoms with van der Waals surface area (Å²) in [7, 11) is 0. The molecule has 1 aromatic rings. The van der Waals surface area contributed by atoms with Crippen molar-refractivity contribution >= 4 is 0 Å². The zero-order valence-electron chi connectivity index (χ0n) is 10.3. The van der Waals surface area contributed by atoms with Crippen LogP contribution in [0.25, 0.3) is 0 Å². The molecule has 0 aliphatic heterocycles. The van der Waals surface area contributed by atoms with Gasteiger partial charge in [0.1, 0.15) is 6.10 Å². The van der Waals surface area contributed by atoms with Crippen LogP contribution >= 0.6 is 0 Å². The molecule has 1 heterocycles. The van der Waals surface area contributed by atoms with E-state index in [1.807, 2.05) is 6.07 Å². The molecule has 16 heavy (non-hydrogen) atoms. The smallest absolute Gasteiger partial charge is 0.216 e. The second kappa shape index (κ2) is 5.33. The fourth-order valence-corrected chi connectivity index (χ4v) is 2.41. The van der Waals surface area contributed by atoms with Gasteiger partial charge in [0.25, 0.3) is 0 Å². The molecule has 0 amide bonds. The van der Waals surface area contributed by atoms with Crippen LogP contribution in [-0.4, -0.2) is 11.1 Å². The molecule has 0 N–H and O–H groups in total. The lowest BCUT2D eigenvalue weighted by Crippen LogP contribution is -2.24. The van der Waals surface area contributed by atoms with Crippen LogP contribution in [0, 0.1) is 12.8 Å². The Morgan fingerprint density at radius 2 is 2.06 bits per heavy atom. The molecule has 0 aromatic carbocycles. The monoisotopic (exact) mass is 219 g/mol. The van der Waals surface area contributed by atoms with Crippen LogP contribution in [0.2, 0.25) is 0 Å². The van der Waals surface area contributed by atoms with Crippen LogP contribution < -0.4 is 4.74 Å². The van der Waals surface area contributed by atoms with Crippen LogP contribution in [0.3, 0.4) is 0 Å². The first-order valence-corrected chi connectivity index (χ1v) is 6.38. The van der Waals surface area contributed by atoms with Gasteiger partial charge in [-0.05, 0) is 44.6 Å². The summed E-state index contributed by atoms with van der Waals surface area (Å²) in [5, 5.41) is 0. The van der Waals surface area contributed by atoms with E-state index in [1.54, 1.807) is 6.20 Å². The molecule has 1 saturated carbocycles. The van der Waals surface area contributed by atoms with Gasteiger partial charge in [-0.3, -0.25) is 0 Å². The SMILES string of the molecule is CCC1CCC(Oc2ncccc2C)CC1. The number of hydrogen-bond donors (Lipinski definition) is 0. The minimum atomic E-state index is 0.386. The maximum Gasteiger partial charge on any atom is 0.216 e. The number of pyridine rings is 1. The van der Waals surface area contributed by atoms with Crippen molar-refractivity contribution in [2.24, 2.45) is 5.92 Å². The van der Waals surface area contributed by atoms with E-state index >= 15 is 0 Å². The van der Waals surface area contributed by atoms with Crippen molar-refractivity contribution in [1.82, 2.24) is 4.98 Å². The lowest BCUT2D eigenvalue weighted by molar-refractivity contribution is 0.124. The summed E-state index contributed by atoms with van der Waals surface area (Å²) in [5.41, 5.74) is 1.14. The molecule has 1 fully saturated rings. The molecule has 0 atom stereocenters. The maximum atomic E-state index is 5.97. The summed E-state index contributed by atoms with van der Waals surface area (Å²) < 4.78 is 5.97. The highest BCUT2D eigenvalue weighted by atomic mass is 16.5. The van der Waals surface area contributed by atoms with E-state index in [0.29, 0.717) is 6.10 Å². The van der Waals surface area contributed by atoms with E-state index in [4.69, 9.17) is 4.74 Å². The molecule has 1 aromatic heterocycles. The summed E-state index contributed by atoms with van der Waals surface area (Å²) in [4.78, 5) is 4.29. The number of rotatable bonds is 3. The molecule has 0 saturated heterocycles. The highest BCUT2D eigenvalue weighted by Crippen LogP contribution is 2.29. The van der Waals surface area contributed by atoms with Crippen molar-refractivity contribution < 1.29 is 4.74 Å². The molecule has 0 bridgehead atoms. The lowest BCUT2D eigenvalue weighted by atomic mass is 9.86. The largest absolute Gasteiger partial charge is 0.474 e. The molecular weight excluding hydrogens is 198 g/mol. The Balaban J connectivity index is 1.89. The van der Waals surface area contributed by atoms with Gasteiger partial charge in [0.2, 0.25) is 5.88 Å². The molecule has 1 aliphatic carbocycles. The highest BCUT2D eigenvalue weighted by Gasteiger charge is 2.21. The third-order valence-corrected chi connectivity index (χ3v) is 3.61. The molecular formula is C14H21NO. The first kappa shape index (κ1) is 11.4. The molecule has 2 heteroatoms. The maximum absolute atomic E-state index is 5.97. The molecule has 0 radical (unpaired) electrons. The third kappa shape index (κ3) is 2.75. The van der Waals surface area contributed by atoms with Gasteiger partial charge in [0, 0.05) is 11.8 Å². The molecule has 2 nitrogen and oxygen atoms in total. The number of aryl methyl sites for hydroxylation is 1. The average Bonchev–Trinajstić information content (AvgIpc) is 2.33. The van der Waals surface area contributed by atoms with Crippen molar-refractivity contribution in [2.45, 2.75) is 52.1 Å². The Kier molecular flexibility index (Phi) is 3.81. The summed E-state index contributed by atoms with van der Waals surface area (Å²) in [6, 6.07) is 4.01. The minimum absolute atomic E-state index is 0.386. The summed E-state index contributed by atoms with van der Waals surface area (Å²) in [6.45, 7) is 4.34. The molecule has 0 spiro atoms. The van der Waals surface area contributed by atoms with Crippen molar-refractivity contribution in [1.29, 1.82) is 0 Å². The van der Waals surface area contributed by atoms with E-state index < -0.39 is 0 Å². The van der Waals surface area contributed by atoms with Crippen molar-refractivity contribution in [3.8, 4) is 5.88 Å². The standard InChI is InChI=1S/C14H21NO/c1-3-12-6-8-13(9-7-12)16-14-11(2)5-4-10-15-14/h4-5,10,12-13H,3,6-9H2,1-2H3. The van der Waals surface area contributed by atoms with Crippen LogP contribution in [0.1, 0.15) is 44.6 Å². The summed E-state index contributed by atoms with van der Waals surface area (Å²) >= 11 is 0. The second-order valence-electron chi connectivity index (χ2n) is 4.79. The first-order chi connectivity index (χ1) is 7.79. The zero-order valence-corrected chi connectivity index (χ0v) is 10.3. The van der Waals surface area contributed by atoms with Crippen molar-refractivity contribution in [2.75, 3.05) is 0 Å². The first-order valence-electron chi connectivity index (χ1n) is 6.38. The summed E-state index contributed by atoms with van der Waals surface area (Å²) in [5.74, 6) is 1.74. The van der Waals surface area contributed by atoms with Gasteiger partial charge in [-0.25, -0.2) is 4.98 Å². The average molecular weight is 219 g/mol.